The molecule has 0 aliphatic heterocycles. The molecule has 0 unspecified atom stereocenters. The summed E-state index contributed by atoms with van der Waals surface area (Å²) >= 11 is 0. The minimum Gasteiger partial charge on any atom is -0.208 e. The third kappa shape index (κ3) is 5.19. The second-order valence-electron chi connectivity index (χ2n) is 13.2. The molecule has 0 amide bonds. The zero-order valence-electron chi connectivity index (χ0n) is 28.2. The van der Waals surface area contributed by atoms with Gasteiger partial charge in [-0.2, -0.15) is 0 Å². The number of hydrogen-bond donors (Lipinski definition) is 0. The van der Waals surface area contributed by atoms with Crippen LogP contribution in [0.5, 0.6) is 0 Å². The number of rotatable bonds is 5. The summed E-state index contributed by atoms with van der Waals surface area (Å²) in [5.74, 6) is 1.91. The minimum absolute atomic E-state index is 0.630. The van der Waals surface area contributed by atoms with Gasteiger partial charge >= 0.3 is 0 Å². The summed E-state index contributed by atoms with van der Waals surface area (Å²) in [5.41, 5.74) is 7.43. The third-order valence-corrected chi connectivity index (χ3v) is 10.0. The largest absolute Gasteiger partial charge is 0.208 e. The predicted octanol–water partition coefficient (Wildman–Crippen LogP) is 12.8. The highest BCUT2D eigenvalue weighted by Crippen LogP contribution is 2.43. The first-order valence-corrected chi connectivity index (χ1v) is 17.6. The van der Waals surface area contributed by atoms with E-state index in [2.05, 4.69) is 152 Å². The average molecular weight is 662 g/mol. The van der Waals surface area contributed by atoms with Gasteiger partial charge in [-0.15, -0.1) is 0 Å². The van der Waals surface area contributed by atoms with Crippen LogP contribution in [-0.2, 0) is 0 Å². The molecule has 0 saturated carbocycles. The first-order chi connectivity index (χ1) is 25.8. The number of aromatic nitrogens is 3. The van der Waals surface area contributed by atoms with Crippen molar-refractivity contribution in [3.63, 3.8) is 0 Å². The summed E-state index contributed by atoms with van der Waals surface area (Å²) in [6.07, 6.45) is 0. The minimum atomic E-state index is 0.630. The van der Waals surface area contributed by atoms with Crippen molar-refractivity contribution in [2.45, 2.75) is 0 Å². The predicted molar refractivity (Wildman–Crippen MR) is 217 cm³/mol. The molecule has 242 valence electrons. The molecule has 0 radical (unpaired) electrons. The summed E-state index contributed by atoms with van der Waals surface area (Å²) in [6, 6.07) is 66.6. The van der Waals surface area contributed by atoms with Crippen LogP contribution in [0.25, 0.3) is 99.5 Å². The SMILES string of the molecule is c1ccc(-c2nc(-c3ccccc3)nc(-c3cc(-c4c5ccccc5cc5ccccc45)cc(-c4c5ccccc5cc5ccccc45)c3)n2)cc1. The smallest absolute Gasteiger partial charge is 0.164 e. The average Bonchev–Trinajstić information content (AvgIpc) is 3.22. The Balaban J connectivity index is 1.33. The zero-order valence-corrected chi connectivity index (χ0v) is 28.2. The van der Waals surface area contributed by atoms with Crippen molar-refractivity contribution in [3.8, 4) is 56.4 Å². The molecule has 0 saturated heterocycles. The van der Waals surface area contributed by atoms with E-state index in [0.717, 1.165) is 27.8 Å². The summed E-state index contributed by atoms with van der Waals surface area (Å²) in [4.78, 5) is 15.4. The maximum Gasteiger partial charge on any atom is 0.164 e. The van der Waals surface area contributed by atoms with Crippen molar-refractivity contribution in [1.29, 1.82) is 0 Å². The molecule has 3 nitrogen and oxygen atoms in total. The standard InChI is InChI=1S/C49H31N3/c1-3-15-32(16-4-1)47-50-48(33-17-5-2-6-18-33)52-49(51-47)40-30-38(45-41-23-11-7-19-34(41)27-35-20-8-12-24-42(35)45)29-39(31-40)46-43-25-13-9-21-36(43)28-37-22-10-14-26-44(37)46/h1-31H. The van der Waals surface area contributed by atoms with Crippen molar-refractivity contribution in [1.82, 2.24) is 15.0 Å². The van der Waals surface area contributed by atoms with E-state index in [0.29, 0.717) is 17.5 Å². The van der Waals surface area contributed by atoms with Crippen LogP contribution < -0.4 is 0 Å². The molecule has 0 N–H and O–H groups in total. The number of benzene rings is 9. The summed E-state index contributed by atoms with van der Waals surface area (Å²) in [7, 11) is 0. The quantitative estimate of drug-likeness (QED) is 0.172. The lowest BCUT2D eigenvalue weighted by Gasteiger charge is -2.18. The van der Waals surface area contributed by atoms with E-state index in [1.54, 1.807) is 0 Å². The Morgan fingerprint density at radius 1 is 0.231 bits per heavy atom. The number of nitrogens with zero attached hydrogens (tertiary/aromatic N) is 3. The van der Waals surface area contributed by atoms with Crippen LogP contribution in [-0.4, -0.2) is 15.0 Å². The van der Waals surface area contributed by atoms with Gasteiger partial charge < -0.3 is 0 Å². The second kappa shape index (κ2) is 12.4. The van der Waals surface area contributed by atoms with E-state index in [1.165, 1.54) is 54.2 Å². The molecule has 0 bridgehead atoms. The van der Waals surface area contributed by atoms with Gasteiger partial charge in [0.05, 0.1) is 0 Å². The Kier molecular flexibility index (Phi) is 7.14. The summed E-state index contributed by atoms with van der Waals surface area (Å²) in [6.45, 7) is 0. The summed E-state index contributed by atoms with van der Waals surface area (Å²) < 4.78 is 0. The topological polar surface area (TPSA) is 38.7 Å². The fourth-order valence-electron chi connectivity index (χ4n) is 7.63. The number of fused-ring (bicyclic) bond motifs is 4. The molecule has 10 aromatic rings. The third-order valence-electron chi connectivity index (χ3n) is 10.0. The van der Waals surface area contributed by atoms with Crippen molar-refractivity contribution in [3.05, 3.63) is 188 Å². The molecule has 0 atom stereocenters. The van der Waals surface area contributed by atoms with Crippen LogP contribution in [0.1, 0.15) is 0 Å². The van der Waals surface area contributed by atoms with Crippen molar-refractivity contribution < 1.29 is 0 Å². The molecule has 52 heavy (non-hydrogen) atoms. The van der Waals surface area contributed by atoms with Gasteiger partial charge in [-0.25, -0.2) is 15.0 Å². The van der Waals surface area contributed by atoms with Gasteiger partial charge in [0.25, 0.3) is 0 Å². The van der Waals surface area contributed by atoms with Gasteiger partial charge in [0.15, 0.2) is 17.5 Å². The second-order valence-corrected chi connectivity index (χ2v) is 13.2. The monoisotopic (exact) mass is 661 g/mol. The van der Waals surface area contributed by atoms with Crippen LogP contribution >= 0.6 is 0 Å². The lowest BCUT2D eigenvalue weighted by molar-refractivity contribution is 1.07. The molecule has 10 rings (SSSR count). The van der Waals surface area contributed by atoms with Gasteiger partial charge in [-0.1, -0.05) is 158 Å². The molecule has 0 spiro atoms. The molecule has 3 heteroatoms. The lowest BCUT2D eigenvalue weighted by Crippen LogP contribution is -2.00. The van der Waals surface area contributed by atoms with E-state index in [4.69, 9.17) is 15.0 Å². The van der Waals surface area contributed by atoms with Crippen LogP contribution in [0.2, 0.25) is 0 Å². The Morgan fingerprint density at radius 2 is 0.519 bits per heavy atom. The molecule has 0 aliphatic rings. The van der Waals surface area contributed by atoms with Crippen molar-refractivity contribution in [2.24, 2.45) is 0 Å². The first-order valence-electron chi connectivity index (χ1n) is 17.6. The highest BCUT2D eigenvalue weighted by atomic mass is 15.0. The van der Waals surface area contributed by atoms with Gasteiger partial charge in [0.2, 0.25) is 0 Å². The van der Waals surface area contributed by atoms with E-state index in [1.807, 2.05) is 36.4 Å². The van der Waals surface area contributed by atoms with E-state index < -0.39 is 0 Å². The fraction of sp³-hybridized carbons (Fsp3) is 0. The van der Waals surface area contributed by atoms with E-state index >= 15 is 0 Å². The Labute approximate surface area is 301 Å². The normalized spacial score (nSPS) is 11.5. The Hall–Kier alpha value is -6.97. The maximum absolute atomic E-state index is 5.20. The zero-order chi connectivity index (χ0) is 34.4. The van der Waals surface area contributed by atoms with E-state index in [-0.39, 0.29) is 0 Å². The van der Waals surface area contributed by atoms with Gasteiger partial charge in [0.1, 0.15) is 0 Å². The molecule has 1 heterocycles. The molecule has 0 aliphatic carbocycles. The molecular weight excluding hydrogens is 631 g/mol. The van der Waals surface area contributed by atoms with Crippen LogP contribution in [0.4, 0.5) is 0 Å². The number of hydrogen-bond acceptors (Lipinski definition) is 3. The molecule has 0 fully saturated rings. The fourth-order valence-corrected chi connectivity index (χ4v) is 7.63. The van der Waals surface area contributed by atoms with Gasteiger partial charge in [-0.05, 0) is 95.7 Å². The Morgan fingerprint density at radius 3 is 0.885 bits per heavy atom. The van der Waals surface area contributed by atoms with Crippen LogP contribution in [0, 0.1) is 0 Å². The maximum atomic E-state index is 5.20. The van der Waals surface area contributed by atoms with Gasteiger partial charge in [0, 0.05) is 16.7 Å². The first kappa shape index (κ1) is 29.9. The van der Waals surface area contributed by atoms with Crippen molar-refractivity contribution >= 4 is 43.1 Å². The molecule has 9 aromatic carbocycles. The highest BCUT2D eigenvalue weighted by molar-refractivity contribution is 6.16. The van der Waals surface area contributed by atoms with Crippen LogP contribution in [0.15, 0.2) is 188 Å². The lowest BCUT2D eigenvalue weighted by atomic mass is 9.87. The molecule has 1 aromatic heterocycles. The summed E-state index contributed by atoms with van der Waals surface area (Å²) in [5, 5.41) is 9.65. The van der Waals surface area contributed by atoms with Crippen LogP contribution in [0.3, 0.4) is 0 Å². The van der Waals surface area contributed by atoms with E-state index in [9.17, 15) is 0 Å². The van der Waals surface area contributed by atoms with Gasteiger partial charge in [-0.3, -0.25) is 0 Å². The highest BCUT2D eigenvalue weighted by Gasteiger charge is 2.19. The molecular formula is C49H31N3. The Bertz CT molecular complexity index is 2650. The van der Waals surface area contributed by atoms with Crippen molar-refractivity contribution in [2.75, 3.05) is 0 Å².